The molecular weight excluding hydrogens is 482 g/mol. The van der Waals surface area contributed by atoms with Gasteiger partial charge >= 0.3 is 0 Å². The molecule has 0 saturated heterocycles. The summed E-state index contributed by atoms with van der Waals surface area (Å²) in [7, 11) is 0. The molecule has 0 radical (unpaired) electrons. The Morgan fingerprint density at radius 3 is 2.89 bits per heavy atom. The fourth-order valence-corrected chi connectivity index (χ4v) is 5.45. The van der Waals surface area contributed by atoms with Crippen LogP contribution in [0.4, 0.5) is 17.6 Å². The molecule has 0 atom stereocenters. The molecular formula is C24H22ClN9S. The number of fused-ring (bicyclic) bond motifs is 2. The predicted molar refractivity (Wildman–Crippen MR) is 138 cm³/mol. The Balaban J connectivity index is 1.25. The molecule has 0 aliphatic carbocycles. The van der Waals surface area contributed by atoms with Crippen molar-refractivity contribution >= 4 is 50.7 Å². The highest BCUT2D eigenvalue weighted by Crippen LogP contribution is 2.31. The van der Waals surface area contributed by atoms with Crippen molar-refractivity contribution in [1.82, 2.24) is 34.6 Å². The third kappa shape index (κ3) is 4.31. The van der Waals surface area contributed by atoms with E-state index in [4.69, 9.17) is 17.3 Å². The summed E-state index contributed by atoms with van der Waals surface area (Å²) in [6.45, 7) is 4.72. The van der Waals surface area contributed by atoms with E-state index in [0.29, 0.717) is 11.8 Å². The third-order valence-electron chi connectivity index (χ3n) is 6.00. The number of anilines is 3. The number of benzene rings is 1. The highest BCUT2D eigenvalue weighted by molar-refractivity contribution is 7.17. The van der Waals surface area contributed by atoms with Crippen LogP contribution in [0.15, 0.2) is 48.0 Å². The smallest absolute Gasteiger partial charge is 0.248 e. The molecule has 35 heavy (non-hydrogen) atoms. The summed E-state index contributed by atoms with van der Waals surface area (Å²) in [5.74, 6) is 1.07. The maximum Gasteiger partial charge on any atom is 0.248 e. The van der Waals surface area contributed by atoms with Crippen molar-refractivity contribution in [2.75, 3.05) is 17.6 Å². The van der Waals surface area contributed by atoms with Crippen molar-refractivity contribution in [3.63, 3.8) is 0 Å². The van der Waals surface area contributed by atoms with Gasteiger partial charge in [0.2, 0.25) is 17.2 Å². The van der Waals surface area contributed by atoms with E-state index >= 15 is 0 Å². The van der Waals surface area contributed by atoms with Gasteiger partial charge in [-0.15, -0.1) is 16.4 Å². The number of halogens is 1. The van der Waals surface area contributed by atoms with Crippen LogP contribution in [0, 0.1) is 6.92 Å². The Bertz CT molecular complexity index is 1530. The zero-order valence-corrected chi connectivity index (χ0v) is 20.5. The van der Waals surface area contributed by atoms with Crippen molar-refractivity contribution < 1.29 is 0 Å². The van der Waals surface area contributed by atoms with E-state index in [1.165, 1.54) is 27.1 Å². The molecule has 5 aromatic rings. The summed E-state index contributed by atoms with van der Waals surface area (Å²) in [5.41, 5.74) is 12.5. The van der Waals surface area contributed by atoms with Crippen molar-refractivity contribution in [1.29, 1.82) is 0 Å². The number of thiophene rings is 1. The first-order valence-electron chi connectivity index (χ1n) is 11.2. The number of nitrogens with one attached hydrogen (secondary N) is 1. The number of pyridine rings is 1. The number of nitrogens with two attached hydrogens (primary N) is 1. The summed E-state index contributed by atoms with van der Waals surface area (Å²) in [6, 6.07) is 12.6. The van der Waals surface area contributed by atoms with E-state index in [9.17, 15) is 0 Å². The Morgan fingerprint density at radius 2 is 2.03 bits per heavy atom. The summed E-state index contributed by atoms with van der Waals surface area (Å²) in [5, 5.41) is 9.93. The summed E-state index contributed by atoms with van der Waals surface area (Å²) in [6.07, 6.45) is 2.73. The standard InChI is InChI=1S/C24H22ClN9S/c1-14-13-35-20-19(14)29-22(25)30-21(20)34-23(26)31-24(32-34)28-17-9-16-12-33(8-7-18(16)27-10-17)11-15-5-3-2-4-6-15/h2-6,9-10,13H,7-8,11-12H2,1H3,(H3,26,28,31,32). The number of hydrogen-bond acceptors (Lipinski definition) is 9. The van der Waals surface area contributed by atoms with Crippen LogP contribution in [0.1, 0.15) is 22.4 Å². The van der Waals surface area contributed by atoms with Crippen LogP contribution in [0.2, 0.25) is 5.28 Å². The summed E-state index contributed by atoms with van der Waals surface area (Å²) in [4.78, 5) is 20.2. The number of hydrogen-bond donors (Lipinski definition) is 2. The van der Waals surface area contributed by atoms with Crippen molar-refractivity contribution in [2.24, 2.45) is 0 Å². The number of nitrogens with zero attached hydrogens (tertiary/aromatic N) is 7. The first-order valence-corrected chi connectivity index (χ1v) is 12.4. The van der Waals surface area contributed by atoms with Gasteiger partial charge in [0.1, 0.15) is 0 Å². The minimum atomic E-state index is 0.136. The third-order valence-corrected chi connectivity index (χ3v) is 7.26. The van der Waals surface area contributed by atoms with E-state index in [0.717, 1.165) is 53.2 Å². The molecule has 11 heteroatoms. The zero-order valence-electron chi connectivity index (χ0n) is 18.9. The van der Waals surface area contributed by atoms with Crippen molar-refractivity contribution in [2.45, 2.75) is 26.4 Å². The molecule has 0 bridgehead atoms. The summed E-state index contributed by atoms with van der Waals surface area (Å²) >= 11 is 7.69. The van der Waals surface area contributed by atoms with E-state index in [-0.39, 0.29) is 11.2 Å². The molecule has 176 valence electrons. The lowest BCUT2D eigenvalue weighted by molar-refractivity contribution is 0.243. The second-order valence-electron chi connectivity index (χ2n) is 8.52. The van der Waals surface area contributed by atoms with Crippen molar-refractivity contribution in [3.8, 4) is 5.82 Å². The molecule has 5 heterocycles. The van der Waals surface area contributed by atoms with Gasteiger partial charge in [0.15, 0.2) is 5.82 Å². The normalized spacial score (nSPS) is 13.8. The molecule has 1 aromatic carbocycles. The molecule has 0 fully saturated rings. The molecule has 0 amide bonds. The van der Waals surface area contributed by atoms with E-state index in [1.807, 2.05) is 24.6 Å². The first kappa shape index (κ1) is 21.9. The van der Waals surface area contributed by atoms with Gasteiger partial charge in [0, 0.05) is 31.7 Å². The molecule has 0 spiro atoms. The van der Waals surface area contributed by atoms with E-state index in [1.54, 1.807) is 0 Å². The van der Waals surface area contributed by atoms with Gasteiger partial charge in [-0.1, -0.05) is 30.3 Å². The van der Waals surface area contributed by atoms with Crippen molar-refractivity contribution in [3.05, 3.63) is 75.6 Å². The largest absolute Gasteiger partial charge is 0.368 e. The second kappa shape index (κ2) is 8.88. The average Bonchev–Trinajstić information content (AvgIpc) is 3.41. The van der Waals surface area contributed by atoms with Crippen LogP contribution in [0.3, 0.4) is 0 Å². The molecule has 1 aliphatic heterocycles. The molecule has 0 saturated carbocycles. The topological polar surface area (TPSA) is 111 Å². The van der Waals surface area contributed by atoms with Crippen LogP contribution >= 0.6 is 22.9 Å². The van der Waals surface area contributed by atoms with Gasteiger partial charge in [-0.25, -0.2) is 4.98 Å². The average molecular weight is 504 g/mol. The first-order chi connectivity index (χ1) is 17.0. The maximum absolute atomic E-state index is 6.21. The monoisotopic (exact) mass is 503 g/mol. The molecule has 9 nitrogen and oxygen atoms in total. The van der Waals surface area contributed by atoms with Crippen LogP contribution in [-0.4, -0.2) is 41.2 Å². The number of aromatic nitrogens is 6. The lowest BCUT2D eigenvalue weighted by Gasteiger charge is -2.28. The summed E-state index contributed by atoms with van der Waals surface area (Å²) < 4.78 is 2.34. The van der Waals surface area contributed by atoms with E-state index < -0.39 is 0 Å². The van der Waals surface area contributed by atoms with Crippen LogP contribution in [0.5, 0.6) is 0 Å². The number of rotatable bonds is 5. The van der Waals surface area contributed by atoms with Gasteiger partial charge in [0.05, 0.1) is 22.1 Å². The Morgan fingerprint density at radius 1 is 1.17 bits per heavy atom. The van der Waals surface area contributed by atoms with Crippen LogP contribution in [-0.2, 0) is 19.5 Å². The molecule has 3 N–H and O–H groups in total. The minimum absolute atomic E-state index is 0.136. The predicted octanol–water partition coefficient (Wildman–Crippen LogP) is 4.51. The van der Waals surface area contributed by atoms with Gasteiger partial charge in [-0.3, -0.25) is 9.88 Å². The quantitative estimate of drug-likeness (QED) is 0.337. The number of nitrogen functional groups attached to an aromatic ring is 1. The zero-order chi connectivity index (χ0) is 23.9. The highest BCUT2D eigenvalue weighted by atomic mass is 35.5. The fraction of sp³-hybridized carbons (Fsp3) is 0.208. The van der Waals surface area contributed by atoms with Gasteiger partial charge in [0.25, 0.3) is 0 Å². The lowest BCUT2D eigenvalue weighted by atomic mass is 10.0. The maximum atomic E-state index is 6.21. The van der Waals surface area contributed by atoms with Crippen LogP contribution in [0.25, 0.3) is 16.0 Å². The molecule has 6 rings (SSSR count). The van der Waals surface area contributed by atoms with Gasteiger partial charge in [-0.2, -0.15) is 14.6 Å². The SMILES string of the molecule is Cc1csc2c(-n3nc(Nc4cnc5c(c4)CN(Cc4ccccc4)CC5)nc3N)nc(Cl)nc12. The molecule has 4 aromatic heterocycles. The minimum Gasteiger partial charge on any atom is -0.368 e. The van der Waals surface area contributed by atoms with Gasteiger partial charge < -0.3 is 11.1 Å². The fourth-order valence-electron chi connectivity index (χ4n) is 4.33. The molecule has 1 aliphatic rings. The Kier molecular flexibility index (Phi) is 5.56. The number of aryl methyl sites for hydroxylation is 1. The Labute approximate surface area is 210 Å². The van der Waals surface area contributed by atoms with E-state index in [2.05, 4.69) is 65.6 Å². The molecule has 0 unspecified atom stereocenters. The Hall–Kier alpha value is -3.60. The highest BCUT2D eigenvalue weighted by Gasteiger charge is 2.20. The lowest BCUT2D eigenvalue weighted by Crippen LogP contribution is -2.30. The second-order valence-corrected chi connectivity index (χ2v) is 9.74. The van der Waals surface area contributed by atoms with Gasteiger partial charge in [-0.05, 0) is 46.7 Å². The van der Waals surface area contributed by atoms with Crippen LogP contribution < -0.4 is 11.1 Å².